The lowest BCUT2D eigenvalue weighted by molar-refractivity contribution is 0.101. The first kappa shape index (κ1) is 14.3. The summed E-state index contributed by atoms with van der Waals surface area (Å²) in [6.45, 7) is 5.95. The van der Waals surface area contributed by atoms with Crippen molar-refractivity contribution in [1.29, 1.82) is 0 Å². The molecule has 0 unspecified atom stereocenters. The maximum atomic E-state index is 11.5. The molecule has 19 heavy (non-hydrogen) atoms. The van der Waals surface area contributed by atoms with Crippen molar-refractivity contribution < 1.29 is 4.79 Å². The van der Waals surface area contributed by atoms with Gasteiger partial charge in [0, 0.05) is 5.56 Å². The predicted octanol–water partition coefficient (Wildman–Crippen LogP) is 5.02. The smallest absolute Gasteiger partial charge is 0.159 e. The molecule has 1 heteroatoms. The number of benzene rings is 1. The molecule has 0 radical (unpaired) electrons. The van der Waals surface area contributed by atoms with Crippen LogP contribution in [-0.4, -0.2) is 5.78 Å². The average Bonchev–Trinajstić information content (AvgIpc) is 2.38. The summed E-state index contributed by atoms with van der Waals surface area (Å²) in [5.41, 5.74) is 4.91. The Morgan fingerprint density at radius 2 is 1.68 bits per heavy atom. The Hall–Kier alpha value is -1.11. The monoisotopic (exact) mass is 258 g/mol. The fraction of sp³-hybridized carbons (Fsp3) is 0.611. The van der Waals surface area contributed by atoms with Gasteiger partial charge in [-0.05, 0) is 68.4 Å². The van der Waals surface area contributed by atoms with E-state index in [4.69, 9.17) is 0 Å². The van der Waals surface area contributed by atoms with Gasteiger partial charge in [-0.25, -0.2) is 0 Å². The van der Waals surface area contributed by atoms with Gasteiger partial charge < -0.3 is 0 Å². The minimum absolute atomic E-state index is 0.171. The van der Waals surface area contributed by atoms with Gasteiger partial charge >= 0.3 is 0 Å². The second-order valence-electron chi connectivity index (χ2n) is 6.19. The molecule has 0 atom stereocenters. The SMILES string of the molecule is CC(=O)c1cc(C)c(CCC2CCCCC2)c(C)c1. The van der Waals surface area contributed by atoms with Crippen molar-refractivity contribution in [2.24, 2.45) is 5.92 Å². The highest BCUT2D eigenvalue weighted by molar-refractivity contribution is 5.94. The van der Waals surface area contributed by atoms with Crippen LogP contribution in [0.3, 0.4) is 0 Å². The third-order valence-electron chi connectivity index (χ3n) is 4.63. The van der Waals surface area contributed by atoms with Gasteiger partial charge in [0.25, 0.3) is 0 Å². The van der Waals surface area contributed by atoms with Crippen molar-refractivity contribution in [2.75, 3.05) is 0 Å². The van der Waals surface area contributed by atoms with Crippen LogP contribution < -0.4 is 0 Å². The highest BCUT2D eigenvalue weighted by Gasteiger charge is 2.15. The Labute approximate surface area is 117 Å². The van der Waals surface area contributed by atoms with Gasteiger partial charge in [-0.1, -0.05) is 32.1 Å². The molecule has 1 aromatic rings. The quantitative estimate of drug-likeness (QED) is 0.693. The van der Waals surface area contributed by atoms with Gasteiger partial charge in [0.1, 0.15) is 0 Å². The first-order chi connectivity index (χ1) is 9.08. The van der Waals surface area contributed by atoms with E-state index >= 15 is 0 Å². The van der Waals surface area contributed by atoms with E-state index in [-0.39, 0.29) is 5.78 Å². The van der Waals surface area contributed by atoms with Gasteiger partial charge in [0.05, 0.1) is 0 Å². The molecule has 0 aliphatic heterocycles. The third-order valence-corrected chi connectivity index (χ3v) is 4.63. The van der Waals surface area contributed by atoms with Gasteiger partial charge in [-0.3, -0.25) is 4.79 Å². The highest BCUT2D eigenvalue weighted by Crippen LogP contribution is 2.29. The molecule has 0 aromatic heterocycles. The second kappa shape index (κ2) is 6.36. The van der Waals surface area contributed by atoms with Gasteiger partial charge in [-0.2, -0.15) is 0 Å². The summed E-state index contributed by atoms with van der Waals surface area (Å²) in [6.07, 6.45) is 9.62. The van der Waals surface area contributed by atoms with E-state index in [0.717, 1.165) is 11.5 Å². The number of carbonyl (C=O) groups is 1. The molecule has 104 valence electrons. The third kappa shape index (κ3) is 3.68. The van der Waals surface area contributed by atoms with Crippen LogP contribution in [0.2, 0.25) is 0 Å². The molecule has 1 nitrogen and oxygen atoms in total. The lowest BCUT2D eigenvalue weighted by atomic mass is 9.84. The van der Waals surface area contributed by atoms with Gasteiger partial charge in [-0.15, -0.1) is 0 Å². The topological polar surface area (TPSA) is 17.1 Å². The van der Waals surface area contributed by atoms with Crippen molar-refractivity contribution in [3.05, 3.63) is 34.4 Å². The zero-order chi connectivity index (χ0) is 13.8. The Morgan fingerprint density at radius 3 is 2.21 bits per heavy atom. The van der Waals surface area contributed by atoms with Crippen molar-refractivity contribution >= 4 is 5.78 Å². The van der Waals surface area contributed by atoms with Crippen LogP contribution in [0.4, 0.5) is 0 Å². The van der Waals surface area contributed by atoms with Crippen molar-refractivity contribution in [3.8, 4) is 0 Å². The molecular formula is C18H26O. The molecule has 0 N–H and O–H groups in total. The van der Waals surface area contributed by atoms with Crippen LogP contribution in [0.5, 0.6) is 0 Å². The number of rotatable bonds is 4. The number of ketones is 1. The van der Waals surface area contributed by atoms with Crippen LogP contribution in [-0.2, 0) is 6.42 Å². The van der Waals surface area contributed by atoms with E-state index < -0.39 is 0 Å². The summed E-state index contributed by atoms with van der Waals surface area (Å²) < 4.78 is 0. The number of aryl methyl sites for hydroxylation is 2. The van der Waals surface area contributed by atoms with Crippen molar-refractivity contribution in [3.63, 3.8) is 0 Å². The van der Waals surface area contributed by atoms with Crippen LogP contribution in [0.15, 0.2) is 12.1 Å². The Bertz CT molecular complexity index is 430. The minimum Gasteiger partial charge on any atom is -0.295 e. The van der Waals surface area contributed by atoms with Gasteiger partial charge in [0.2, 0.25) is 0 Å². The van der Waals surface area contributed by atoms with E-state index in [1.165, 1.54) is 61.6 Å². The van der Waals surface area contributed by atoms with E-state index in [1.807, 2.05) is 0 Å². The summed E-state index contributed by atoms with van der Waals surface area (Å²) in [6, 6.07) is 4.12. The number of carbonyl (C=O) groups excluding carboxylic acids is 1. The summed E-state index contributed by atoms with van der Waals surface area (Å²) in [5.74, 6) is 1.10. The molecule has 0 bridgehead atoms. The Morgan fingerprint density at radius 1 is 1.11 bits per heavy atom. The molecule has 2 rings (SSSR count). The van der Waals surface area contributed by atoms with Gasteiger partial charge in [0.15, 0.2) is 5.78 Å². The standard InChI is InChI=1S/C18H26O/c1-13-11-17(15(3)19)12-14(2)18(13)10-9-16-7-5-4-6-8-16/h11-12,16H,4-10H2,1-3H3. The first-order valence-corrected chi connectivity index (χ1v) is 7.69. The summed E-state index contributed by atoms with van der Waals surface area (Å²) in [7, 11) is 0. The average molecular weight is 258 g/mol. The van der Waals surface area contributed by atoms with Crippen LogP contribution in [0, 0.1) is 19.8 Å². The molecule has 0 heterocycles. The highest BCUT2D eigenvalue weighted by atomic mass is 16.1. The molecule has 1 aromatic carbocycles. The van der Waals surface area contributed by atoms with E-state index in [9.17, 15) is 4.79 Å². The molecule has 1 saturated carbocycles. The summed E-state index contributed by atoms with van der Waals surface area (Å²) in [5, 5.41) is 0. The van der Waals surface area contributed by atoms with E-state index in [2.05, 4.69) is 26.0 Å². The largest absolute Gasteiger partial charge is 0.295 e. The first-order valence-electron chi connectivity index (χ1n) is 7.69. The Kier molecular flexibility index (Phi) is 4.79. The van der Waals surface area contributed by atoms with E-state index in [0.29, 0.717) is 0 Å². The predicted molar refractivity (Wildman–Crippen MR) is 80.8 cm³/mol. The molecule has 0 spiro atoms. The summed E-state index contributed by atoms with van der Waals surface area (Å²) in [4.78, 5) is 11.5. The summed E-state index contributed by atoms with van der Waals surface area (Å²) >= 11 is 0. The number of Topliss-reactive ketones (excluding diaryl/α,β-unsaturated/α-hetero) is 1. The van der Waals surface area contributed by atoms with Crippen molar-refractivity contribution in [1.82, 2.24) is 0 Å². The van der Waals surface area contributed by atoms with Crippen LogP contribution in [0.1, 0.15) is 72.5 Å². The van der Waals surface area contributed by atoms with E-state index in [1.54, 1.807) is 6.92 Å². The lowest BCUT2D eigenvalue weighted by Gasteiger charge is -2.22. The molecule has 0 saturated heterocycles. The maximum Gasteiger partial charge on any atom is 0.159 e. The number of hydrogen-bond donors (Lipinski definition) is 0. The minimum atomic E-state index is 0.171. The molecule has 1 aliphatic carbocycles. The fourth-order valence-corrected chi connectivity index (χ4v) is 3.42. The van der Waals surface area contributed by atoms with Crippen molar-refractivity contribution in [2.45, 2.75) is 65.7 Å². The Balaban J connectivity index is 2.05. The zero-order valence-corrected chi connectivity index (χ0v) is 12.6. The van der Waals surface area contributed by atoms with Crippen LogP contribution >= 0.6 is 0 Å². The molecule has 1 aliphatic rings. The maximum absolute atomic E-state index is 11.5. The number of hydrogen-bond acceptors (Lipinski definition) is 1. The zero-order valence-electron chi connectivity index (χ0n) is 12.6. The van der Waals surface area contributed by atoms with Crippen LogP contribution in [0.25, 0.3) is 0 Å². The second-order valence-corrected chi connectivity index (χ2v) is 6.19. The normalized spacial score (nSPS) is 16.6. The molecular weight excluding hydrogens is 232 g/mol. The fourth-order valence-electron chi connectivity index (χ4n) is 3.42. The molecule has 0 amide bonds. The lowest BCUT2D eigenvalue weighted by Crippen LogP contribution is -2.08. The molecule has 1 fully saturated rings.